The molecule has 9 heteroatoms. The fourth-order valence-corrected chi connectivity index (χ4v) is 6.35. The number of carbonyl (C=O) groups excluding carboxylic acids is 1. The average Bonchev–Trinajstić information content (AvgIpc) is 2.91. The molecule has 0 radical (unpaired) electrons. The fourth-order valence-electron chi connectivity index (χ4n) is 4.66. The van der Waals surface area contributed by atoms with Crippen LogP contribution in [0.5, 0.6) is 5.75 Å². The van der Waals surface area contributed by atoms with Crippen LogP contribution in [0.1, 0.15) is 24.0 Å². The topological polar surface area (TPSA) is 82.1 Å². The largest absolute Gasteiger partial charge is 0.464 e. The number of halogens is 1. The first-order chi connectivity index (χ1) is 17.8. The van der Waals surface area contributed by atoms with Crippen LogP contribution in [0.3, 0.4) is 0 Å². The minimum absolute atomic E-state index is 0.190. The van der Waals surface area contributed by atoms with Crippen molar-refractivity contribution in [1.82, 2.24) is 4.90 Å². The molecule has 7 nitrogen and oxygen atoms in total. The number of fused-ring (bicyclic) bond motifs is 1. The van der Waals surface area contributed by atoms with Gasteiger partial charge in [-0.15, -0.1) is 0 Å². The first kappa shape index (κ1) is 26.0. The summed E-state index contributed by atoms with van der Waals surface area (Å²) in [6.45, 7) is 1.92. The number of likely N-dealkylation sites (tertiary alicyclic amines) is 1. The summed E-state index contributed by atoms with van der Waals surface area (Å²) in [7, 11) is -3.25. The highest BCUT2D eigenvalue weighted by Gasteiger charge is 2.33. The lowest BCUT2D eigenvalue weighted by molar-refractivity contribution is -0.148. The summed E-state index contributed by atoms with van der Waals surface area (Å²) in [5, 5.41) is 0. The molecule has 194 valence electrons. The number of carbonyl (C=O) groups is 1. The van der Waals surface area contributed by atoms with Crippen molar-refractivity contribution in [3.05, 3.63) is 81.4 Å². The number of rotatable bonds is 5. The summed E-state index contributed by atoms with van der Waals surface area (Å²) in [4.78, 5) is 14.5. The zero-order valence-electron chi connectivity index (χ0n) is 20.4. The Morgan fingerprint density at radius 3 is 2.51 bits per heavy atom. The standard InChI is InChI=1S/C28H28INO6S/c1-37(32,33)23-8-9-24(25(29)16-23)21-7-10-26-22(15-21)18-34-27(36-26)20-11-13-30(14-12-20)28(31)35-17-19-5-3-2-4-6-19/h2-10,15-16,20,27H,11-14,17-18H2,1H3. The molecule has 0 spiro atoms. The van der Waals surface area contributed by atoms with E-state index in [-0.39, 0.29) is 24.9 Å². The summed E-state index contributed by atoms with van der Waals surface area (Å²) in [6.07, 6.45) is 2.14. The van der Waals surface area contributed by atoms with Crippen LogP contribution in [0.4, 0.5) is 4.79 Å². The Labute approximate surface area is 230 Å². The van der Waals surface area contributed by atoms with Gasteiger partial charge in [0, 0.05) is 34.4 Å². The predicted octanol–water partition coefficient (Wildman–Crippen LogP) is 5.65. The molecule has 1 unspecified atom stereocenters. The number of sulfone groups is 1. The molecule has 0 N–H and O–H groups in total. The maximum Gasteiger partial charge on any atom is 0.410 e. The minimum atomic E-state index is -3.25. The van der Waals surface area contributed by atoms with Crippen LogP contribution in [0.15, 0.2) is 71.6 Å². The molecule has 3 aromatic rings. The maximum atomic E-state index is 12.5. The number of nitrogens with zero attached hydrogens (tertiary/aromatic N) is 1. The SMILES string of the molecule is CS(=O)(=O)c1ccc(-c2ccc3c(c2)COC(C2CCN(C(=O)OCc4ccccc4)CC2)O3)c(I)c1. The molecule has 0 saturated carbocycles. The van der Waals surface area contributed by atoms with Gasteiger partial charge in [0.2, 0.25) is 6.29 Å². The van der Waals surface area contributed by atoms with Crippen LogP contribution < -0.4 is 4.74 Å². The van der Waals surface area contributed by atoms with E-state index in [2.05, 4.69) is 22.6 Å². The summed E-state index contributed by atoms with van der Waals surface area (Å²) < 4.78 is 42.4. The third-order valence-electron chi connectivity index (χ3n) is 6.77. The van der Waals surface area contributed by atoms with E-state index in [9.17, 15) is 13.2 Å². The van der Waals surface area contributed by atoms with Gasteiger partial charge in [0.05, 0.1) is 11.5 Å². The van der Waals surface area contributed by atoms with E-state index in [1.54, 1.807) is 17.0 Å². The van der Waals surface area contributed by atoms with Gasteiger partial charge in [-0.3, -0.25) is 0 Å². The highest BCUT2D eigenvalue weighted by atomic mass is 127. The smallest absolute Gasteiger partial charge is 0.410 e. The second kappa shape index (κ2) is 11.0. The van der Waals surface area contributed by atoms with Crippen molar-refractivity contribution in [3.8, 4) is 16.9 Å². The minimum Gasteiger partial charge on any atom is -0.464 e. The zero-order valence-corrected chi connectivity index (χ0v) is 23.4. The number of benzene rings is 3. The molecule has 0 bridgehead atoms. The van der Waals surface area contributed by atoms with Crippen molar-refractivity contribution in [3.63, 3.8) is 0 Å². The van der Waals surface area contributed by atoms with Crippen LogP contribution in [-0.2, 0) is 32.5 Å². The molecule has 2 aliphatic heterocycles. The lowest BCUT2D eigenvalue weighted by atomic mass is 9.95. The maximum absolute atomic E-state index is 12.5. The summed E-state index contributed by atoms with van der Waals surface area (Å²) >= 11 is 2.17. The Kier molecular flexibility index (Phi) is 7.73. The Balaban J connectivity index is 1.17. The van der Waals surface area contributed by atoms with Gasteiger partial charge in [0.1, 0.15) is 12.4 Å². The molecule has 1 fully saturated rings. The number of hydrogen-bond acceptors (Lipinski definition) is 6. The van der Waals surface area contributed by atoms with Crippen molar-refractivity contribution < 1.29 is 27.4 Å². The van der Waals surface area contributed by atoms with Gasteiger partial charge in [-0.25, -0.2) is 13.2 Å². The molecule has 37 heavy (non-hydrogen) atoms. The van der Waals surface area contributed by atoms with Gasteiger partial charge in [-0.05, 0) is 76.4 Å². The molecule has 3 aromatic carbocycles. The Morgan fingerprint density at radius 1 is 1.05 bits per heavy atom. The van der Waals surface area contributed by atoms with E-state index < -0.39 is 9.84 Å². The third kappa shape index (κ3) is 6.10. The highest BCUT2D eigenvalue weighted by Crippen LogP contribution is 2.36. The molecule has 1 amide bonds. The number of ether oxygens (including phenoxy) is 3. The lowest BCUT2D eigenvalue weighted by Gasteiger charge is -2.37. The van der Waals surface area contributed by atoms with Crippen molar-refractivity contribution in [2.45, 2.75) is 37.2 Å². The van der Waals surface area contributed by atoms with Crippen LogP contribution >= 0.6 is 22.6 Å². The lowest BCUT2D eigenvalue weighted by Crippen LogP contribution is -2.44. The zero-order chi connectivity index (χ0) is 26.0. The van der Waals surface area contributed by atoms with Crippen molar-refractivity contribution in [2.24, 2.45) is 5.92 Å². The fraction of sp³-hybridized carbons (Fsp3) is 0.321. The van der Waals surface area contributed by atoms with E-state index in [1.807, 2.05) is 54.6 Å². The summed E-state index contributed by atoms with van der Waals surface area (Å²) in [5.74, 6) is 0.989. The molecule has 1 atom stereocenters. The van der Waals surface area contributed by atoms with Crippen LogP contribution in [0, 0.1) is 9.49 Å². The van der Waals surface area contributed by atoms with E-state index in [4.69, 9.17) is 14.2 Å². The molecule has 1 saturated heterocycles. The molecular formula is C28H28INO6S. The van der Waals surface area contributed by atoms with E-state index in [1.165, 1.54) is 6.26 Å². The number of hydrogen-bond donors (Lipinski definition) is 0. The third-order valence-corrected chi connectivity index (χ3v) is 8.78. The molecule has 2 heterocycles. The van der Waals surface area contributed by atoms with E-state index in [0.717, 1.165) is 44.4 Å². The van der Waals surface area contributed by atoms with Crippen molar-refractivity contribution in [1.29, 1.82) is 0 Å². The van der Waals surface area contributed by atoms with Crippen LogP contribution in [0.2, 0.25) is 0 Å². The first-order valence-corrected chi connectivity index (χ1v) is 15.1. The van der Waals surface area contributed by atoms with E-state index >= 15 is 0 Å². The summed E-state index contributed by atoms with van der Waals surface area (Å²) in [5.41, 5.74) is 3.87. The van der Waals surface area contributed by atoms with Crippen LogP contribution in [0.25, 0.3) is 11.1 Å². The second-order valence-electron chi connectivity index (χ2n) is 9.40. The quantitative estimate of drug-likeness (QED) is 0.338. The molecule has 5 rings (SSSR count). The van der Waals surface area contributed by atoms with Gasteiger partial charge in [0.25, 0.3) is 0 Å². The Hall–Kier alpha value is -2.63. The predicted molar refractivity (Wildman–Crippen MR) is 148 cm³/mol. The first-order valence-electron chi connectivity index (χ1n) is 12.1. The van der Waals surface area contributed by atoms with Crippen LogP contribution in [-0.4, -0.2) is 45.0 Å². The summed E-state index contributed by atoms with van der Waals surface area (Å²) in [6, 6.07) is 20.8. The Bertz CT molecular complexity index is 1390. The molecule has 2 aliphatic rings. The van der Waals surface area contributed by atoms with Crippen molar-refractivity contribution >= 4 is 38.5 Å². The van der Waals surface area contributed by atoms with Gasteiger partial charge in [0.15, 0.2) is 9.84 Å². The van der Waals surface area contributed by atoms with Gasteiger partial charge >= 0.3 is 6.09 Å². The second-order valence-corrected chi connectivity index (χ2v) is 12.6. The van der Waals surface area contributed by atoms with Gasteiger partial charge in [-0.2, -0.15) is 0 Å². The normalized spacial score (nSPS) is 18.1. The highest BCUT2D eigenvalue weighted by molar-refractivity contribution is 14.1. The van der Waals surface area contributed by atoms with E-state index in [0.29, 0.717) is 24.6 Å². The van der Waals surface area contributed by atoms with Gasteiger partial charge < -0.3 is 19.1 Å². The average molecular weight is 634 g/mol. The number of amides is 1. The Morgan fingerprint density at radius 2 is 1.81 bits per heavy atom. The monoisotopic (exact) mass is 633 g/mol. The molecular weight excluding hydrogens is 605 g/mol. The van der Waals surface area contributed by atoms with Gasteiger partial charge in [-0.1, -0.05) is 42.5 Å². The molecule has 0 aliphatic carbocycles. The molecule has 0 aromatic heterocycles. The van der Waals surface area contributed by atoms with Crippen molar-refractivity contribution in [2.75, 3.05) is 19.3 Å². The number of piperidine rings is 1.